The van der Waals surface area contributed by atoms with E-state index in [9.17, 15) is 4.39 Å². The van der Waals surface area contributed by atoms with Crippen LogP contribution in [0.4, 0.5) is 4.39 Å². The van der Waals surface area contributed by atoms with E-state index in [4.69, 9.17) is 5.73 Å². The van der Waals surface area contributed by atoms with E-state index in [1.54, 1.807) is 0 Å². The Morgan fingerprint density at radius 2 is 2.43 bits per heavy atom. The Kier molecular flexibility index (Phi) is 3.61. The molecular weight excluding hydrogens is 93.1 g/mol. The lowest BCUT2D eigenvalue weighted by Gasteiger charge is -1.91. The molecule has 0 aromatic rings. The average molecular weight is 103 g/mol. The molecule has 1 nitrogen and oxygen atoms in total. The summed E-state index contributed by atoms with van der Waals surface area (Å²) in [6.45, 7) is 2.21. The van der Waals surface area contributed by atoms with Crippen molar-refractivity contribution in [3.05, 3.63) is 11.9 Å². The Balaban J connectivity index is 3.38. The van der Waals surface area contributed by atoms with E-state index >= 15 is 0 Å². The highest BCUT2D eigenvalue weighted by atomic mass is 19.1. The molecule has 0 bridgehead atoms. The van der Waals surface area contributed by atoms with Gasteiger partial charge in [0.25, 0.3) is 0 Å². The van der Waals surface area contributed by atoms with E-state index in [2.05, 4.69) is 0 Å². The van der Waals surface area contributed by atoms with Crippen molar-refractivity contribution in [1.29, 1.82) is 0 Å². The fourth-order valence-electron chi connectivity index (χ4n) is 0.266. The summed E-state index contributed by atoms with van der Waals surface area (Å²) < 4.78 is 11.4. The number of hydrogen-bond acceptors (Lipinski definition) is 1. The third-order valence-electron chi connectivity index (χ3n) is 0.871. The normalized spacial score (nSPS) is 12.1. The molecule has 0 unspecified atom stereocenters. The molecule has 0 amide bonds. The minimum absolute atomic E-state index is 0.340. The van der Waals surface area contributed by atoms with Crippen molar-refractivity contribution in [3.63, 3.8) is 0 Å². The molecule has 0 spiro atoms. The van der Waals surface area contributed by atoms with Gasteiger partial charge in [0, 0.05) is 6.54 Å². The first-order chi connectivity index (χ1) is 3.35. The van der Waals surface area contributed by atoms with Gasteiger partial charge in [-0.15, -0.1) is 0 Å². The fourth-order valence-corrected chi connectivity index (χ4v) is 0.266. The standard InChI is InChI=1S/C5H10FN/c1-2-5(3-6)4-7/h3H,2,4,7H2,1H3. The molecule has 0 aliphatic rings. The van der Waals surface area contributed by atoms with E-state index in [0.29, 0.717) is 24.9 Å². The van der Waals surface area contributed by atoms with Gasteiger partial charge in [-0.25, -0.2) is 4.39 Å². The first-order valence-electron chi connectivity index (χ1n) is 2.33. The third-order valence-corrected chi connectivity index (χ3v) is 0.871. The van der Waals surface area contributed by atoms with Crippen molar-refractivity contribution in [3.8, 4) is 0 Å². The Hall–Kier alpha value is -0.370. The quantitative estimate of drug-likeness (QED) is 0.558. The van der Waals surface area contributed by atoms with Crippen molar-refractivity contribution in [2.45, 2.75) is 13.3 Å². The zero-order valence-electron chi connectivity index (χ0n) is 4.45. The Morgan fingerprint density at radius 3 is 2.43 bits per heavy atom. The lowest BCUT2D eigenvalue weighted by Crippen LogP contribution is -2.00. The Morgan fingerprint density at radius 1 is 1.86 bits per heavy atom. The zero-order chi connectivity index (χ0) is 5.70. The maximum Gasteiger partial charge on any atom is 0.0871 e. The van der Waals surface area contributed by atoms with Gasteiger partial charge >= 0.3 is 0 Å². The second-order valence-corrected chi connectivity index (χ2v) is 1.33. The van der Waals surface area contributed by atoms with E-state index in [1.165, 1.54) is 0 Å². The van der Waals surface area contributed by atoms with Gasteiger partial charge in [-0.1, -0.05) is 6.92 Å². The number of nitrogens with two attached hydrogens (primary N) is 1. The van der Waals surface area contributed by atoms with Crippen molar-refractivity contribution in [1.82, 2.24) is 0 Å². The fraction of sp³-hybridized carbons (Fsp3) is 0.600. The van der Waals surface area contributed by atoms with Gasteiger partial charge < -0.3 is 5.73 Å². The second-order valence-electron chi connectivity index (χ2n) is 1.33. The monoisotopic (exact) mass is 103 g/mol. The van der Waals surface area contributed by atoms with Crippen LogP contribution in [0.15, 0.2) is 11.9 Å². The van der Waals surface area contributed by atoms with Gasteiger partial charge in [0.05, 0.1) is 6.33 Å². The molecule has 0 fully saturated rings. The predicted octanol–water partition coefficient (Wildman–Crippen LogP) is 1.21. The molecule has 0 radical (unpaired) electrons. The van der Waals surface area contributed by atoms with Gasteiger partial charge in [0.2, 0.25) is 0 Å². The molecule has 0 rings (SSSR count). The van der Waals surface area contributed by atoms with Crippen LogP contribution >= 0.6 is 0 Å². The molecular formula is C5H10FN. The molecule has 0 saturated carbocycles. The van der Waals surface area contributed by atoms with Gasteiger partial charge in [-0.3, -0.25) is 0 Å². The van der Waals surface area contributed by atoms with Gasteiger partial charge in [0.15, 0.2) is 0 Å². The first kappa shape index (κ1) is 6.63. The molecule has 0 aliphatic carbocycles. The van der Waals surface area contributed by atoms with Crippen molar-refractivity contribution >= 4 is 0 Å². The average Bonchev–Trinajstić information content (AvgIpc) is 1.72. The molecule has 2 N–H and O–H groups in total. The molecule has 42 valence electrons. The number of hydrogen-bond donors (Lipinski definition) is 1. The maximum atomic E-state index is 11.4. The highest BCUT2D eigenvalue weighted by molar-refractivity contribution is 4.97. The minimum Gasteiger partial charge on any atom is -0.327 e. The molecule has 0 saturated heterocycles. The van der Waals surface area contributed by atoms with E-state index in [1.807, 2.05) is 6.92 Å². The van der Waals surface area contributed by atoms with Crippen LogP contribution < -0.4 is 5.73 Å². The van der Waals surface area contributed by atoms with Crippen molar-refractivity contribution in [2.75, 3.05) is 6.54 Å². The molecule has 0 atom stereocenters. The molecule has 0 aromatic carbocycles. The highest BCUT2D eigenvalue weighted by Gasteiger charge is 1.84. The number of halogens is 1. The summed E-state index contributed by atoms with van der Waals surface area (Å²) in [4.78, 5) is 0. The van der Waals surface area contributed by atoms with Crippen LogP contribution in [0.3, 0.4) is 0 Å². The summed E-state index contributed by atoms with van der Waals surface area (Å²) in [5.74, 6) is 0. The number of rotatable bonds is 2. The Labute approximate surface area is 43.0 Å². The van der Waals surface area contributed by atoms with E-state index in [-0.39, 0.29) is 0 Å². The summed E-state index contributed by atoms with van der Waals surface area (Å²) >= 11 is 0. The summed E-state index contributed by atoms with van der Waals surface area (Å²) in [5, 5.41) is 0. The van der Waals surface area contributed by atoms with Crippen LogP contribution in [0.5, 0.6) is 0 Å². The Bertz CT molecular complexity index is 62.5. The topological polar surface area (TPSA) is 26.0 Å². The molecule has 2 heteroatoms. The second kappa shape index (κ2) is 3.81. The zero-order valence-corrected chi connectivity index (χ0v) is 4.45. The predicted molar refractivity (Wildman–Crippen MR) is 28.5 cm³/mol. The van der Waals surface area contributed by atoms with Crippen LogP contribution in [0.25, 0.3) is 0 Å². The lowest BCUT2D eigenvalue weighted by atomic mass is 10.2. The smallest absolute Gasteiger partial charge is 0.0871 e. The summed E-state index contributed by atoms with van der Waals surface area (Å²) in [6.07, 6.45) is 1.28. The first-order valence-corrected chi connectivity index (χ1v) is 2.33. The molecule has 0 heterocycles. The van der Waals surface area contributed by atoms with Crippen LogP contribution in [0.2, 0.25) is 0 Å². The van der Waals surface area contributed by atoms with Crippen LogP contribution in [0.1, 0.15) is 13.3 Å². The summed E-state index contributed by atoms with van der Waals surface area (Å²) in [5.41, 5.74) is 5.75. The van der Waals surface area contributed by atoms with Gasteiger partial charge in [-0.2, -0.15) is 0 Å². The third kappa shape index (κ3) is 2.34. The van der Waals surface area contributed by atoms with Gasteiger partial charge in [0.1, 0.15) is 0 Å². The molecule has 0 aromatic heterocycles. The summed E-state index contributed by atoms with van der Waals surface area (Å²) in [6, 6.07) is 0. The molecule has 0 aliphatic heterocycles. The van der Waals surface area contributed by atoms with Crippen LogP contribution in [-0.2, 0) is 0 Å². The lowest BCUT2D eigenvalue weighted by molar-refractivity contribution is 0.698. The van der Waals surface area contributed by atoms with E-state index < -0.39 is 0 Å². The van der Waals surface area contributed by atoms with Gasteiger partial charge in [-0.05, 0) is 12.0 Å². The SMILES string of the molecule is CCC(=CF)CN. The van der Waals surface area contributed by atoms with Crippen molar-refractivity contribution < 1.29 is 4.39 Å². The van der Waals surface area contributed by atoms with Crippen LogP contribution in [0, 0.1) is 0 Å². The summed E-state index contributed by atoms with van der Waals surface area (Å²) in [7, 11) is 0. The van der Waals surface area contributed by atoms with Crippen LogP contribution in [-0.4, -0.2) is 6.54 Å². The largest absolute Gasteiger partial charge is 0.327 e. The van der Waals surface area contributed by atoms with E-state index in [0.717, 1.165) is 0 Å². The highest BCUT2D eigenvalue weighted by Crippen LogP contribution is 1.95. The maximum absolute atomic E-state index is 11.4. The van der Waals surface area contributed by atoms with Crippen molar-refractivity contribution in [2.24, 2.45) is 5.73 Å². The minimum atomic E-state index is 0.340. The molecule has 7 heavy (non-hydrogen) atoms.